The second-order valence-electron chi connectivity index (χ2n) is 4.18. The number of rotatable bonds is 4. The molecule has 16 heavy (non-hydrogen) atoms. The number of halogens is 1. The van der Waals surface area contributed by atoms with E-state index in [-0.39, 0.29) is 17.9 Å². The van der Waals surface area contributed by atoms with Crippen LogP contribution in [-0.4, -0.2) is 29.1 Å². The van der Waals surface area contributed by atoms with Crippen LogP contribution in [-0.2, 0) is 0 Å². The lowest BCUT2D eigenvalue weighted by molar-refractivity contribution is 0.0934. The monoisotopic (exact) mass is 284 g/mol. The maximum absolute atomic E-state index is 11.8. The molecule has 0 aliphatic heterocycles. The van der Waals surface area contributed by atoms with Crippen LogP contribution in [0.4, 0.5) is 0 Å². The second kappa shape index (κ2) is 4.51. The summed E-state index contributed by atoms with van der Waals surface area (Å²) in [6.45, 7) is 0.672. The van der Waals surface area contributed by atoms with E-state index in [4.69, 9.17) is 5.11 Å². The van der Waals surface area contributed by atoms with Gasteiger partial charge in [0.15, 0.2) is 0 Å². The molecule has 1 aliphatic rings. The van der Waals surface area contributed by atoms with Gasteiger partial charge in [-0.25, -0.2) is 4.98 Å². The molecule has 5 heteroatoms. The molecular weight excluding hydrogens is 272 g/mol. The number of nitrogens with zero attached hydrogens (tertiary/aromatic N) is 1. The van der Waals surface area contributed by atoms with Crippen molar-refractivity contribution in [1.82, 2.24) is 10.3 Å². The lowest BCUT2D eigenvalue weighted by atomic mass is 10.1. The van der Waals surface area contributed by atoms with Crippen molar-refractivity contribution in [3.05, 3.63) is 28.5 Å². The highest BCUT2D eigenvalue weighted by atomic mass is 79.9. The average Bonchev–Trinajstić information content (AvgIpc) is 3.07. The summed E-state index contributed by atoms with van der Waals surface area (Å²) >= 11 is 3.23. The van der Waals surface area contributed by atoms with Gasteiger partial charge in [0.05, 0.1) is 12.2 Å². The highest BCUT2D eigenvalue weighted by Gasteiger charge is 2.42. The van der Waals surface area contributed by atoms with Crippen molar-refractivity contribution < 1.29 is 9.90 Å². The van der Waals surface area contributed by atoms with Crippen LogP contribution >= 0.6 is 15.9 Å². The first-order valence-electron chi connectivity index (χ1n) is 5.16. The van der Waals surface area contributed by atoms with Crippen LogP contribution in [0.3, 0.4) is 0 Å². The minimum Gasteiger partial charge on any atom is -0.396 e. The van der Waals surface area contributed by atoms with Crippen molar-refractivity contribution in [1.29, 1.82) is 0 Å². The van der Waals surface area contributed by atoms with Crippen LogP contribution in [0.25, 0.3) is 0 Å². The van der Waals surface area contributed by atoms with Gasteiger partial charge in [0, 0.05) is 18.2 Å². The SMILES string of the molecule is O=C(NCC1(CO)CC1)c1cccnc1Br. The normalized spacial score (nSPS) is 16.9. The first-order chi connectivity index (χ1) is 7.67. The van der Waals surface area contributed by atoms with Gasteiger partial charge >= 0.3 is 0 Å². The Labute approximate surface area is 102 Å². The number of amides is 1. The van der Waals surface area contributed by atoms with Crippen molar-refractivity contribution in [2.24, 2.45) is 5.41 Å². The topological polar surface area (TPSA) is 62.2 Å². The van der Waals surface area contributed by atoms with Gasteiger partial charge in [-0.15, -0.1) is 0 Å². The Bertz CT molecular complexity index is 405. The molecule has 1 aromatic heterocycles. The molecule has 2 rings (SSSR count). The number of aliphatic hydroxyl groups is 1. The van der Waals surface area contributed by atoms with Crippen molar-refractivity contribution in [3.63, 3.8) is 0 Å². The Balaban J connectivity index is 1.96. The molecule has 0 spiro atoms. The molecule has 1 aromatic rings. The predicted molar refractivity (Wildman–Crippen MR) is 63.0 cm³/mol. The average molecular weight is 285 g/mol. The summed E-state index contributed by atoms with van der Waals surface area (Å²) in [6.07, 6.45) is 3.59. The zero-order valence-corrected chi connectivity index (χ0v) is 10.3. The number of pyridine rings is 1. The third-order valence-electron chi connectivity index (χ3n) is 2.92. The predicted octanol–water partition coefficient (Wildman–Crippen LogP) is 1.35. The number of hydrogen-bond donors (Lipinski definition) is 2. The first-order valence-corrected chi connectivity index (χ1v) is 5.96. The van der Waals surface area contributed by atoms with Crippen LogP contribution < -0.4 is 5.32 Å². The second-order valence-corrected chi connectivity index (χ2v) is 4.93. The summed E-state index contributed by atoms with van der Waals surface area (Å²) in [5.74, 6) is -0.153. The smallest absolute Gasteiger partial charge is 0.254 e. The maximum Gasteiger partial charge on any atom is 0.254 e. The van der Waals surface area contributed by atoms with Crippen molar-refractivity contribution >= 4 is 21.8 Å². The Morgan fingerprint density at radius 1 is 1.62 bits per heavy atom. The quantitative estimate of drug-likeness (QED) is 0.821. The summed E-state index contributed by atoms with van der Waals surface area (Å²) in [7, 11) is 0. The number of aliphatic hydroxyl groups excluding tert-OH is 1. The third kappa shape index (κ3) is 2.41. The fraction of sp³-hybridized carbons (Fsp3) is 0.455. The molecule has 1 saturated carbocycles. The van der Waals surface area contributed by atoms with Gasteiger partial charge in [0.2, 0.25) is 0 Å². The summed E-state index contributed by atoms with van der Waals surface area (Å²) in [5.41, 5.74) is 0.459. The zero-order chi connectivity index (χ0) is 11.6. The Morgan fingerprint density at radius 2 is 2.38 bits per heavy atom. The summed E-state index contributed by atoms with van der Waals surface area (Å²) in [6, 6.07) is 3.43. The molecule has 0 atom stereocenters. The number of hydrogen-bond acceptors (Lipinski definition) is 3. The highest BCUT2D eigenvalue weighted by molar-refractivity contribution is 9.10. The largest absolute Gasteiger partial charge is 0.396 e. The van der Waals surface area contributed by atoms with Gasteiger partial charge in [-0.3, -0.25) is 4.79 Å². The molecule has 2 N–H and O–H groups in total. The standard InChI is InChI=1S/C11H13BrN2O2/c12-9-8(2-1-5-13-9)10(16)14-6-11(7-15)3-4-11/h1-2,5,15H,3-4,6-7H2,(H,14,16). The number of nitrogens with one attached hydrogen (secondary N) is 1. The van der Waals surface area contributed by atoms with Crippen molar-refractivity contribution in [2.45, 2.75) is 12.8 Å². The lowest BCUT2D eigenvalue weighted by Gasteiger charge is -2.12. The Hall–Kier alpha value is -0.940. The van der Waals surface area contributed by atoms with Crippen LogP contribution in [0.1, 0.15) is 23.2 Å². The number of carbonyl (C=O) groups excluding carboxylic acids is 1. The third-order valence-corrected chi connectivity index (χ3v) is 3.55. The molecule has 0 unspecified atom stereocenters. The molecule has 0 aromatic carbocycles. The van der Waals surface area contributed by atoms with E-state index in [1.54, 1.807) is 18.3 Å². The molecule has 86 valence electrons. The Kier molecular flexibility index (Phi) is 3.25. The van der Waals surface area contributed by atoms with Crippen molar-refractivity contribution in [2.75, 3.05) is 13.2 Å². The summed E-state index contributed by atoms with van der Waals surface area (Å²) < 4.78 is 0.543. The summed E-state index contributed by atoms with van der Waals surface area (Å²) in [4.78, 5) is 15.8. The van der Waals surface area contributed by atoms with E-state index >= 15 is 0 Å². The number of carbonyl (C=O) groups is 1. The molecule has 1 aliphatic carbocycles. The van der Waals surface area contributed by atoms with Gasteiger partial charge in [0.1, 0.15) is 4.60 Å². The Morgan fingerprint density at radius 3 is 2.94 bits per heavy atom. The fourth-order valence-corrected chi connectivity index (χ4v) is 1.92. The maximum atomic E-state index is 11.8. The van der Waals surface area contributed by atoms with Gasteiger partial charge in [-0.05, 0) is 40.9 Å². The van der Waals surface area contributed by atoms with E-state index in [0.717, 1.165) is 12.8 Å². The minimum atomic E-state index is -0.153. The van der Waals surface area contributed by atoms with E-state index in [2.05, 4.69) is 26.2 Å². The van der Waals surface area contributed by atoms with E-state index in [1.165, 1.54) is 0 Å². The van der Waals surface area contributed by atoms with E-state index in [9.17, 15) is 4.79 Å². The van der Waals surface area contributed by atoms with Crippen LogP contribution in [0.2, 0.25) is 0 Å². The molecule has 4 nitrogen and oxygen atoms in total. The molecule has 1 heterocycles. The fourth-order valence-electron chi connectivity index (χ4n) is 1.49. The van der Waals surface area contributed by atoms with E-state index in [0.29, 0.717) is 16.7 Å². The molecule has 1 amide bonds. The van der Waals surface area contributed by atoms with Crippen LogP contribution in [0, 0.1) is 5.41 Å². The molecule has 0 bridgehead atoms. The zero-order valence-electron chi connectivity index (χ0n) is 8.74. The van der Waals surface area contributed by atoms with Gasteiger partial charge in [-0.1, -0.05) is 0 Å². The molecular formula is C11H13BrN2O2. The van der Waals surface area contributed by atoms with Gasteiger partial charge in [-0.2, -0.15) is 0 Å². The molecule has 1 fully saturated rings. The summed E-state index contributed by atoms with van der Waals surface area (Å²) in [5, 5.41) is 11.9. The van der Waals surface area contributed by atoms with Crippen LogP contribution in [0.5, 0.6) is 0 Å². The van der Waals surface area contributed by atoms with Crippen LogP contribution in [0.15, 0.2) is 22.9 Å². The molecule has 0 radical (unpaired) electrons. The highest BCUT2D eigenvalue weighted by Crippen LogP contribution is 2.44. The van der Waals surface area contributed by atoms with Gasteiger partial charge in [0.25, 0.3) is 5.91 Å². The van der Waals surface area contributed by atoms with E-state index < -0.39 is 0 Å². The number of aromatic nitrogens is 1. The minimum absolute atomic E-state index is 0.0651. The first kappa shape index (κ1) is 11.5. The van der Waals surface area contributed by atoms with Gasteiger partial charge < -0.3 is 10.4 Å². The van der Waals surface area contributed by atoms with Crippen molar-refractivity contribution in [3.8, 4) is 0 Å². The van der Waals surface area contributed by atoms with E-state index in [1.807, 2.05) is 0 Å². The molecule has 0 saturated heterocycles. The lowest BCUT2D eigenvalue weighted by Crippen LogP contribution is -2.32.